The van der Waals surface area contributed by atoms with E-state index in [9.17, 15) is 8.78 Å². The lowest BCUT2D eigenvalue weighted by Gasteiger charge is -2.29. The minimum atomic E-state index is -2.51. The van der Waals surface area contributed by atoms with Crippen molar-refractivity contribution in [2.24, 2.45) is 0 Å². The molecular formula is C18H21F2N3. The van der Waals surface area contributed by atoms with Crippen molar-refractivity contribution in [2.75, 3.05) is 5.32 Å². The van der Waals surface area contributed by atoms with Crippen LogP contribution in [-0.4, -0.2) is 21.9 Å². The predicted molar refractivity (Wildman–Crippen MR) is 87.8 cm³/mol. The van der Waals surface area contributed by atoms with E-state index in [0.717, 1.165) is 28.5 Å². The molecule has 0 atom stereocenters. The van der Waals surface area contributed by atoms with Gasteiger partial charge < -0.3 is 5.32 Å². The second kappa shape index (κ2) is 6.22. The highest BCUT2D eigenvalue weighted by Gasteiger charge is 2.34. The van der Waals surface area contributed by atoms with E-state index in [1.54, 1.807) is 0 Å². The normalized spacial score (nSPS) is 17.9. The third kappa shape index (κ3) is 4.03. The first-order chi connectivity index (χ1) is 10.9. The molecule has 2 aromatic rings. The maximum absolute atomic E-state index is 13.3. The van der Waals surface area contributed by atoms with Crippen molar-refractivity contribution in [1.82, 2.24) is 9.97 Å². The number of hydrogen-bond donors (Lipinski definition) is 1. The lowest BCUT2D eigenvalue weighted by atomic mass is 9.92. The molecule has 2 aromatic heterocycles. The Hall–Kier alpha value is -2.04. The van der Waals surface area contributed by atoms with Crippen LogP contribution in [0.5, 0.6) is 0 Å². The molecule has 0 saturated heterocycles. The van der Waals surface area contributed by atoms with Crippen molar-refractivity contribution in [3.63, 3.8) is 0 Å². The summed E-state index contributed by atoms with van der Waals surface area (Å²) in [6.07, 6.45) is 0.840. The highest BCUT2D eigenvalue weighted by Crippen LogP contribution is 2.34. The molecule has 1 fully saturated rings. The molecule has 0 spiro atoms. The molecule has 0 amide bonds. The van der Waals surface area contributed by atoms with Gasteiger partial charge in [-0.05, 0) is 56.5 Å². The zero-order valence-corrected chi connectivity index (χ0v) is 13.4. The second-order valence-corrected chi connectivity index (χ2v) is 6.35. The van der Waals surface area contributed by atoms with Crippen LogP contribution in [0.2, 0.25) is 0 Å². The largest absolute Gasteiger partial charge is 0.367 e. The monoisotopic (exact) mass is 317 g/mol. The van der Waals surface area contributed by atoms with Gasteiger partial charge in [-0.1, -0.05) is 6.07 Å². The molecular weight excluding hydrogens is 296 g/mol. The highest BCUT2D eigenvalue weighted by molar-refractivity contribution is 5.59. The first kappa shape index (κ1) is 15.8. The first-order valence-electron chi connectivity index (χ1n) is 7.98. The Bertz CT molecular complexity index is 690. The van der Waals surface area contributed by atoms with Gasteiger partial charge in [-0.3, -0.25) is 4.98 Å². The van der Waals surface area contributed by atoms with Crippen LogP contribution in [-0.2, 0) is 0 Å². The van der Waals surface area contributed by atoms with Crippen LogP contribution < -0.4 is 5.32 Å². The summed E-state index contributed by atoms with van der Waals surface area (Å²) in [5, 5.41) is 3.31. The van der Waals surface area contributed by atoms with Crippen LogP contribution in [0.4, 0.5) is 14.6 Å². The summed E-state index contributed by atoms with van der Waals surface area (Å²) in [5.41, 5.74) is 3.64. The molecule has 0 bridgehead atoms. The Labute approximate surface area is 135 Å². The molecule has 1 N–H and O–H groups in total. The van der Waals surface area contributed by atoms with Crippen molar-refractivity contribution in [2.45, 2.75) is 51.5 Å². The Balaban J connectivity index is 1.78. The topological polar surface area (TPSA) is 37.8 Å². The molecule has 0 aromatic carbocycles. The smallest absolute Gasteiger partial charge is 0.248 e. The number of aryl methyl sites for hydroxylation is 2. The molecule has 23 heavy (non-hydrogen) atoms. The standard InChI is InChI=1S/C18H21F2N3/c1-12-10-16(15-5-3-4-13(2)21-15)23-17(11-12)22-14-6-8-18(19,20)9-7-14/h3-5,10-11,14H,6-9H2,1-2H3,(H,22,23). The fourth-order valence-corrected chi connectivity index (χ4v) is 2.95. The zero-order chi connectivity index (χ0) is 16.4. The van der Waals surface area contributed by atoms with Gasteiger partial charge in [-0.25, -0.2) is 13.8 Å². The molecule has 122 valence electrons. The minimum Gasteiger partial charge on any atom is -0.367 e. The summed E-state index contributed by atoms with van der Waals surface area (Å²) in [7, 11) is 0. The Morgan fingerprint density at radius 3 is 2.48 bits per heavy atom. The number of hydrogen-bond acceptors (Lipinski definition) is 3. The van der Waals surface area contributed by atoms with Gasteiger partial charge in [-0.2, -0.15) is 0 Å². The summed E-state index contributed by atoms with van der Waals surface area (Å²) in [4.78, 5) is 9.12. The summed E-state index contributed by atoms with van der Waals surface area (Å²) in [6, 6.07) is 9.83. The van der Waals surface area contributed by atoms with Gasteiger partial charge >= 0.3 is 0 Å². The lowest BCUT2D eigenvalue weighted by molar-refractivity contribution is -0.0361. The molecule has 0 aliphatic heterocycles. The van der Waals surface area contributed by atoms with E-state index in [0.29, 0.717) is 12.8 Å². The number of nitrogens with zero attached hydrogens (tertiary/aromatic N) is 2. The quantitative estimate of drug-likeness (QED) is 0.887. The number of pyridine rings is 2. The van der Waals surface area contributed by atoms with Crippen LogP contribution in [0, 0.1) is 13.8 Å². The third-order valence-corrected chi connectivity index (χ3v) is 4.19. The van der Waals surface area contributed by atoms with Gasteiger partial charge in [0.25, 0.3) is 0 Å². The summed E-state index contributed by atoms with van der Waals surface area (Å²) < 4.78 is 26.5. The van der Waals surface area contributed by atoms with Gasteiger partial charge in [-0.15, -0.1) is 0 Å². The van der Waals surface area contributed by atoms with Crippen LogP contribution in [0.1, 0.15) is 36.9 Å². The SMILES string of the molecule is Cc1cc(NC2CCC(F)(F)CC2)nc(-c2cccc(C)n2)c1. The zero-order valence-electron chi connectivity index (χ0n) is 13.4. The molecule has 0 unspecified atom stereocenters. The van der Waals surface area contributed by atoms with Crippen molar-refractivity contribution < 1.29 is 8.78 Å². The van der Waals surface area contributed by atoms with Gasteiger partial charge in [0, 0.05) is 24.6 Å². The Kier molecular flexibility index (Phi) is 4.28. The average Bonchev–Trinajstić information content (AvgIpc) is 2.49. The van der Waals surface area contributed by atoms with Crippen molar-refractivity contribution in [3.05, 3.63) is 41.6 Å². The number of rotatable bonds is 3. The summed E-state index contributed by atoms with van der Waals surface area (Å²) >= 11 is 0. The van der Waals surface area contributed by atoms with Gasteiger partial charge in [0.15, 0.2) is 0 Å². The summed E-state index contributed by atoms with van der Waals surface area (Å²) in [5.74, 6) is -1.77. The molecule has 2 heterocycles. The van der Waals surface area contributed by atoms with Crippen molar-refractivity contribution in [3.8, 4) is 11.4 Å². The third-order valence-electron chi connectivity index (χ3n) is 4.19. The first-order valence-corrected chi connectivity index (χ1v) is 7.98. The van der Waals surface area contributed by atoms with E-state index in [1.807, 2.05) is 44.2 Å². The molecule has 1 aliphatic rings. The fourth-order valence-electron chi connectivity index (χ4n) is 2.95. The average molecular weight is 317 g/mol. The molecule has 3 rings (SSSR count). The summed E-state index contributed by atoms with van der Waals surface area (Å²) in [6.45, 7) is 3.95. The maximum Gasteiger partial charge on any atom is 0.248 e. The minimum absolute atomic E-state index is 0.0528. The Morgan fingerprint density at radius 2 is 1.78 bits per heavy atom. The van der Waals surface area contributed by atoms with E-state index in [1.165, 1.54) is 0 Å². The van der Waals surface area contributed by atoms with E-state index in [4.69, 9.17) is 0 Å². The number of halogens is 2. The van der Waals surface area contributed by atoms with E-state index in [2.05, 4.69) is 15.3 Å². The molecule has 1 saturated carbocycles. The number of alkyl halides is 2. The lowest BCUT2D eigenvalue weighted by Crippen LogP contribution is -2.32. The highest BCUT2D eigenvalue weighted by atomic mass is 19.3. The van der Waals surface area contributed by atoms with Crippen molar-refractivity contribution >= 4 is 5.82 Å². The number of anilines is 1. The van der Waals surface area contributed by atoms with E-state index in [-0.39, 0.29) is 18.9 Å². The maximum atomic E-state index is 13.3. The van der Waals surface area contributed by atoms with Gasteiger partial charge in [0.1, 0.15) is 5.82 Å². The Morgan fingerprint density at radius 1 is 1.04 bits per heavy atom. The predicted octanol–water partition coefficient (Wildman–Crippen LogP) is 4.75. The molecule has 5 heteroatoms. The molecule has 1 aliphatic carbocycles. The van der Waals surface area contributed by atoms with Crippen molar-refractivity contribution in [1.29, 1.82) is 0 Å². The number of nitrogens with one attached hydrogen (secondary N) is 1. The van der Waals surface area contributed by atoms with Gasteiger partial charge in [0.05, 0.1) is 11.4 Å². The van der Waals surface area contributed by atoms with Crippen LogP contribution in [0.15, 0.2) is 30.3 Å². The fraction of sp³-hybridized carbons (Fsp3) is 0.444. The second-order valence-electron chi connectivity index (χ2n) is 6.35. The van der Waals surface area contributed by atoms with Crippen LogP contribution >= 0.6 is 0 Å². The van der Waals surface area contributed by atoms with E-state index < -0.39 is 5.92 Å². The number of aromatic nitrogens is 2. The van der Waals surface area contributed by atoms with Crippen LogP contribution in [0.3, 0.4) is 0 Å². The van der Waals surface area contributed by atoms with Gasteiger partial charge in [0.2, 0.25) is 5.92 Å². The molecule has 3 nitrogen and oxygen atoms in total. The van der Waals surface area contributed by atoms with E-state index >= 15 is 0 Å². The van der Waals surface area contributed by atoms with Crippen LogP contribution in [0.25, 0.3) is 11.4 Å². The molecule has 0 radical (unpaired) electrons.